The van der Waals surface area contributed by atoms with E-state index in [0.29, 0.717) is 6.54 Å². The Kier molecular flexibility index (Phi) is 3.29. The minimum Gasteiger partial charge on any atom is -0.325 e. The number of aryl methyl sites for hydroxylation is 3. The maximum Gasteiger partial charge on any atom is 0.0929 e. The Morgan fingerprint density at radius 2 is 2.00 bits per heavy atom. The van der Waals surface area contributed by atoms with Crippen molar-refractivity contribution in [2.75, 3.05) is 0 Å². The molecule has 1 heterocycles. The molecule has 0 unspecified atom stereocenters. The van der Waals surface area contributed by atoms with Gasteiger partial charge in [-0.3, -0.25) is 4.68 Å². The summed E-state index contributed by atoms with van der Waals surface area (Å²) in [5, 5.41) is 4.60. The predicted molar refractivity (Wildman–Crippen MR) is 70.7 cm³/mol. The number of nitrogens with zero attached hydrogens (tertiary/aromatic N) is 2. The van der Waals surface area contributed by atoms with Crippen LogP contribution in [-0.4, -0.2) is 9.78 Å². The van der Waals surface area contributed by atoms with Crippen LogP contribution in [0.3, 0.4) is 0 Å². The highest BCUT2D eigenvalue weighted by Gasteiger charge is 2.09. The normalized spacial score (nSPS) is 10.8. The van der Waals surface area contributed by atoms with Gasteiger partial charge in [0.25, 0.3) is 0 Å². The Hall–Kier alpha value is -1.61. The topological polar surface area (TPSA) is 43.8 Å². The van der Waals surface area contributed by atoms with Crippen LogP contribution in [0.2, 0.25) is 0 Å². The zero-order valence-corrected chi connectivity index (χ0v) is 10.7. The van der Waals surface area contributed by atoms with Gasteiger partial charge in [-0.25, -0.2) is 0 Å². The van der Waals surface area contributed by atoms with Gasteiger partial charge in [-0.15, -0.1) is 0 Å². The first-order chi connectivity index (χ1) is 8.15. The summed E-state index contributed by atoms with van der Waals surface area (Å²) in [5.74, 6) is 0. The van der Waals surface area contributed by atoms with Gasteiger partial charge in [0.1, 0.15) is 0 Å². The lowest BCUT2D eigenvalue weighted by atomic mass is 10.0. The highest BCUT2D eigenvalue weighted by molar-refractivity contribution is 5.64. The molecular formula is C14H19N3. The van der Waals surface area contributed by atoms with Gasteiger partial charge in [0, 0.05) is 18.7 Å². The molecule has 0 amide bonds. The molecule has 2 N–H and O–H groups in total. The summed E-state index contributed by atoms with van der Waals surface area (Å²) in [7, 11) is 0. The van der Waals surface area contributed by atoms with Gasteiger partial charge >= 0.3 is 0 Å². The number of hydrogen-bond acceptors (Lipinski definition) is 2. The molecule has 0 aliphatic carbocycles. The molecule has 0 spiro atoms. The smallest absolute Gasteiger partial charge is 0.0929 e. The summed E-state index contributed by atoms with van der Waals surface area (Å²) in [6.45, 7) is 7.70. The van der Waals surface area contributed by atoms with Crippen LogP contribution < -0.4 is 5.73 Å². The maximum absolute atomic E-state index is 5.72. The first-order valence-electron chi connectivity index (χ1n) is 6.00. The Morgan fingerprint density at radius 1 is 1.24 bits per heavy atom. The first-order valence-corrected chi connectivity index (χ1v) is 6.00. The van der Waals surface area contributed by atoms with Crippen molar-refractivity contribution in [2.45, 2.75) is 33.9 Å². The lowest BCUT2D eigenvalue weighted by Gasteiger charge is -2.03. The molecule has 0 aliphatic heterocycles. The second-order valence-electron chi connectivity index (χ2n) is 4.36. The van der Waals surface area contributed by atoms with Crippen molar-refractivity contribution in [3.63, 3.8) is 0 Å². The fourth-order valence-electron chi connectivity index (χ4n) is 2.13. The highest BCUT2D eigenvalue weighted by atomic mass is 15.3. The lowest BCUT2D eigenvalue weighted by Crippen LogP contribution is -2.06. The standard InChI is InChI=1S/C14H19N3/c1-4-17-12(9-15)8-14(16-17)13-6-5-10(2)7-11(13)3/h5-8H,4,9,15H2,1-3H3. The molecule has 0 bridgehead atoms. The molecule has 2 rings (SSSR count). The van der Waals surface area contributed by atoms with Crippen LogP contribution in [0.25, 0.3) is 11.3 Å². The number of benzene rings is 1. The summed E-state index contributed by atoms with van der Waals surface area (Å²) in [4.78, 5) is 0. The molecule has 0 atom stereocenters. The molecule has 3 heteroatoms. The third-order valence-corrected chi connectivity index (χ3v) is 3.03. The van der Waals surface area contributed by atoms with E-state index in [0.717, 1.165) is 17.9 Å². The van der Waals surface area contributed by atoms with Gasteiger partial charge in [0.15, 0.2) is 0 Å². The Labute approximate surface area is 102 Å². The van der Waals surface area contributed by atoms with E-state index in [2.05, 4.69) is 50.1 Å². The monoisotopic (exact) mass is 229 g/mol. The van der Waals surface area contributed by atoms with Crippen LogP contribution >= 0.6 is 0 Å². The fraction of sp³-hybridized carbons (Fsp3) is 0.357. The SMILES string of the molecule is CCn1nc(-c2ccc(C)cc2C)cc1CN. The van der Waals surface area contributed by atoms with Gasteiger partial charge < -0.3 is 5.73 Å². The first kappa shape index (κ1) is 11.9. The summed E-state index contributed by atoms with van der Waals surface area (Å²) in [6, 6.07) is 8.52. The minimum absolute atomic E-state index is 0.533. The van der Waals surface area contributed by atoms with Crippen molar-refractivity contribution in [3.05, 3.63) is 41.1 Å². The van der Waals surface area contributed by atoms with Crippen LogP contribution in [0, 0.1) is 13.8 Å². The number of rotatable bonds is 3. The number of aromatic nitrogens is 2. The maximum atomic E-state index is 5.72. The molecule has 3 nitrogen and oxygen atoms in total. The lowest BCUT2D eigenvalue weighted by molar-refractivity contribution is 0.624. The molecule has 2 aromatic rings. The zero-order chi connectivity index (χ0) is 12.4. The predicted octanol–water partition coefficient (Wildman–Crippen LogP) is 2.65. The van der Waals surface area contributed by atoms with Crippen LogP contribution in [-0.2, 0) is 13.1 Å². The third kappa shape index (κ3) is 2.24. The quantitative estimate of drug-likeness (QED) is 0.879. The van der Waals surface area contributed by atoms with Gasteiger partial charge in [-0.2, -0.15) is 5.10 Å². The van der Waals surface area contributed by atoms with Crippen molar-refractivity contribution >= 4 is 0 Å². The molecule has 90 valence electrons. The number of hydrogen-bond donors (Lipinski definition) is 1. The average Bonchev–Trinajstić information content (AvgIpc) is 2.72. The van der Waals surface area contributed by atoms with Crippen molar-refractivity contribution in [1.29, 1.82) is 0 Å². The Morgan fingerprint density at radius 3 is 2.53 bits per heavy atom. The largest absolute Gasteiger partial charge is 0.325 e. The summed E-state index contributed by atoms with van der Waals surface area (Å²) >= 11 is 0. The highest BCUT2D eigenvalue weighted by Crippen LogP contribution is 2.23. The van der Waals surface area contributed by atoms with E-state index in [1.54, 1.807) is 0 Å². The average molecular weight is 229 g/mol. The van der Waals surface area contributed by atoms with E-state index < -0.39 is 0 Å². The Bertz CT molecular complexity index is 505. The van der Waals surface area contributed by atoms with E-state index in [1.165, 1.54) is 16.7 Å². The second kappa shape index (κ2) is 4.72. The molecule has 0 saturated carbocycles. The molecule has 0 radical (unpaired) electrons. The van der Waals surface area contributed by atoms with Crippen LogP contribution in [0.15, 0.2) is 24.3 Å². The van der Waals surface area contributed by atoms with Crippen molar-refractivity contribution in [2.24, 2.45) is 5.73 Å². The van der Waals surface area contributed by atoms with E-state index in [-0.39, 0.29) is 0 Å². The molecule has 0 fully saturated rings. The van der Waals surface area contributed by atoms with Crippen LogP contribution in [0.5, 0.6) is 0 Å². The van der Waals surface area contributed by atoms with Crippen molar-refractivity contribution < 1.29 is 0 Å². The van der Waals surface area contributed by atoms with Gasteiger partial charge in [0.05, 0.1) is 11.4 Å². The fourth-order valence-corrected chi connectivity index (χ4v) is 2.13. The minimum atomic E-state index is 0.533. The summed E-state index contributed by atoms with van der Waals surface area (Å²) in [5.41, 5.74) is 11.6. The molecule has 17 heavy (non-hydrogen) atoms. The molecule has 1 aromatic carbocycles. The van der Waals surface area contributed by atoms with Gasteiger partial charge in [0.2, 0.25) is 0 Å². The Balaban J connectivity index is 2.49. The van der Waals surface area contributed by atoms with E-state index in [4.69, 9.17) is 5.73 Å². The van der Waals surface area contributed by atoms with Gasteiger partial charge in [-0.05, 0) is 32.4 Å². The third-order valence-electron chi connectivity index (χ3n) is 3.03. The van der Waals surface area contributed by atoms with Crippen LogP contribution in [0.4, 0.5) is 0 Å². The molecule has 1 aromatic heterocycles. The van der Waals surface area contributed by atoms with Crippen molar-refractivity contribution in [3.8, 4) is 11.3 Å². The van der Waals surface area contributed by atoms with Crippen LogP contribution in [0.1, 0.15) is 23.7 Å². The summed E-state index contributed by atoms with van der Waals surface area (Å²) in [6.07, 6.45) is 0. The zero-order valence-electron chi connectivity index (χ0n) is 10.7. The van der Waals surface area contributed by atoms with E-state index in [1.807, 2.05) is 4.68 Å². The van der Waals surface area contributed by atoms with E-state index in [9.17, 15) is 0 Å². The molecule has 0 aliphatic rings. The molecular weight excluding hydrogens is 210 g/mol. The van der Waals surface area contributed by atoms with E-state index >= 15 is 0 Å². The summed E-state index contributed by atoms with van der Waals surface area (Å²) < 4.78 is 1.97. The van der Waals surface area contributed by atoms with Gasteiger partial charge in [-0.1, -0.05) is 23.8 Å². The second-order valence-corrected chi connectivity index (χ2v) is 4.36. The number of nitrogens with two attached hydrogens (primary N) is 1. The molecule has 0 saturated heterocycles. The van der Waals surface area contributed by atoms with Crippen molar-refractivity contribution in [1.82, 2.24) is 9.78 Å².